The van der Waals surface area contributed by atoms with Gasteiger partial charge in [0.2, 0.25) is 15.9 Å². The average Bonchev–Trinajstić information content (AvgIpc) is 2.44. The minimum atomic E-state index is -3.38. The second kappa shape index (κ2) is 6.46. The maximum atomic E-state index is 12.0. The third-order valence-corrected chi connectivity index (χ3v) is 3.70. The van der Waals surface area contributed by atoms with E-state index in [1.54, 1.807) is 24.1 Å². The minimum Gasteiger partial charge on any atom is -0.368 e. The number of morpholine rings is 1. The van der Waals surface area contributed by atoms with Gasteiger partial charge < -0.3 is 9.64 Å². The van der Waals surface area contributed by atoms with Crippen molar-refractivity contribution in [2.45, 2.75) is 13.0 Å². The van der Waals surface area contributed by atoms with E-state index in [-0.39, 0.29) is 18.6 Å². The van der Waals surface area contributed by atoms with Crippen molar-refractivity contribution in [2.75, 3.05) is 32.5 Å². The number of aryl methyl sites for hydroxylation is 1. The molecule has 116 valence electrons. The summed E-state index contributed by atoms with van der Waals surface area (Å²) in [4.78, 5) is 21.9. The first-order valence-electron chi connectivity index (χ1n) is 6.49. The van der Waals surface area contributed by atoms with Gasteiger partial charge in [-0.15, -0.1) is 0 Å². The number of ether oxygens (including phenoxy) is 1. The number of rotatable bonds is 4. The topological polar surface area (TPSA) is 101 Å². The van der Waals surface area contributed by atoms with Gasteiger partial charge in [0.25, 0.3) is 0 Å². The summed E-state index contributed by atoms with van der Waals surface area (Å²) in [5, 5.41) is 0. The predicted molar refractivity (Wildman–Crippen MR) is 74.9 cm³/mol. The fraction of sp³-hybridized carbons (Fsp3) is 0.583. The van der Waals surface area contributed by atoms with Crippen LogP contribution in [0.2, 0.25) is 0 Å². The van der Waals surface area contributed by atoms with Gasteiger partial charge in [-0.05, 0) is 13.0 Å². The summed E-state index contributed by atoms with van der Waals surface area (Å²) in [6.45, 7) is 2.71. The monoisotopic (exact) mass is 314 g/mol. The van der Waals surface area contributed by atoms with Crippen molar-refractivity contribution in [3.8, 4) is 0 Å². The highest BCUT2D eigenvalue weighted by Crippen LogP contribution is 2.20. The fourth-order valence-corrected chi connectivity index (χ4v) is 2.40. The Kier molecular flexibility index (Phi) is 4.86. The van der Waals surface area contributed by atoms with Crippen LogP contribution in [0, 0.1) is 6.92 Å². The second-order valence-corrected chi connectivity index (χ2v) is 6.65. The molecule has 1 aromatic heterocycles. The van der Waals surface area contributed by atoms with Gasteiger partial charge in [0, 0.05) is 12.7 Å². The Bertz CT molecular complexity index is 619. The fourth-order valence-electron chi connectivity index (χ4n) is 2.01. The van der Waals surface area contributed by atoms with E-state index in [2.05, 4.69) is 14.7 Å². The quantitative estimate of drug-likeness (QED) is 0.783. The smallest absolute Gasteiger partial charge is 0.237 e. The van der Waals surface area contributed by atoms with E-state index in [1.807, 2.05) is 0 Å². The lowest BCUT2D eigenvalue weighted by atomic mass is 10.2. The zero-order chi connectivity index (χ0) is 15.5. The van der Waals surface area contributed by atoms with Crippen LogP contribution >= 0.6 is 0 Å². The Labute approximate surface area is 123 Å². The molecule has 8 nitrogen and oxygen atoms in total. The second-order valence-electron chi connectivity index (χ2n) is 4.82. The molecule has 2 rings (SSSR count). The molecule has 1 atom stereocenters. The first-order valence-corrected chi connectivity index (χ1v) is 8.38. The molecular formula is C12H18N4O4S. The standard InChI is InChI=1S/C12H18N4O4S/c1-9-13-4-3-10(15-9)11-8-16(5-6-20-11)12(17)7-14-21(2,18)19/h3-4,11,14H,5-8H2,1-2H3. The first-order chi connectivity index (χ1) is 9.85. The molecule has 1 aromatic rings. The van der Waals surface area contributed by atoms with Crippen molar-refractivity contribution in [2.24, 2.45) is 0 Å². The Morgan fingerprint density at radius 2 is 2.33 bits per heavy atom. The highest BCUT2D eigenvalue weighted by molar-refractivity contribution is 7.88. The molecule has 1 N–H and O–H groups in total. The van der Waals surface area contributed by atoms with E-state index in [9.17, 15) is 13.2 Å². The molecule has 21 heavy (non-hydrogen) atoms. The lowest BCUT2D eigenvalue weighted by Gasteiger charge is -2.32. The number of nitrogens with one attached hydrogen (secondary N) is 1. The summed E-state index contributed by atoms with van der Waals surface area (Å²) in [5.41, 5.74) is 0.719. The predicted octanol–water partition coefficient (Wildman–Crippen LogP) is -0.766. The van der Waals surface area contributed by atoms with Gasteiger partial charge in [-0.1, -0.05) is 0 Å². The molecule has 0 spiro atoms. The molecule has 1 unspecified atom stereocenters. The lowest BCUT2D eigenvalue weighted by molar-refractivity contribution is -0.137. The van der Waals surface area contributed by atoms with E-state index in [4.69, 9.17) is 4.74 Å². The normalized spacial score (nSPS) is 19.5. The Balaban J connectivity index is 1.99. The van der Waals surface area contributed by atoms with Gasteiger partial charge in [-0.3, -0.25) is 4.79 Å². The van der Waals surface area contributed by atoms with E-state index in [1.165, 1.54) is 0 Å². The van der Waals surface area contributed by atoms with E-state index >= 15 is 0 Å². The van der Waals surface area contributed by atoms with Crippen LogP contribution in [0.4, 0.5) is 0 Å². The molecule has 2 heterocycles. The SMILES string of the molecule is Cc1nccc(C2CN(C(=O)CNS(C)(=O)=O)CCO2)n1. The van der Waals surface area contributed by atoms with Crippen molar-refractivity contribution in [3.05, 3.63) is 23.8 Å². The number of nitrogens with zero attached hydrogens (tertiary/aromatic N) is 3. The first kappa shape index (κ1) is 15.8. The number of aromatic nitrogens is 2. The van der Waals surface area contributed by atoms with Crippen LogP contribution in [0.1, 0.15) is 17.6 Å². The molecule has 1 amide bonds. The molecule has 0 saturated carbocycles. The molecule has 0 radical (unpaired) electrons. The summed E-state index contributed by atoms with van der Waals surface area (Å²) in [6.07, 6.45) is 2.35. The van der Waals surface area contributed by atoms with E-state index in [0.717, 1.165) is 11.9 Å². The van der Waals surface area contributed by atoms with E-state index in [0.29, 0.717) is 25.5 Å². The summed E-state index contributed by atoms with van der Waals surface area (Å²) in [7, 11) is -3.38. The number of carbonyl (C=O) groups is 1. The molecule has 1 saturated heterocycles. The number of carbonyl (C=O) groups excluding carboxylic acids is 1. The van der Waals surface area contributed by atoms with Gasteiger partial charge in [0.05, 0.1) is 31.6 Å². The van der Waals surface area contributed by atoms with Crippen molar-refractivity contribution >= 4 is 15.9 Å². The van der Waals surface area contributed by atoms with Gasteiger partial charge in [0.1, 0.15) is 11.9 Å². The molecule has 9 heteroatoms. The maximum absolute atomic E-state index is 12.0. The van der Waals surface area contributed by atoms with Crippen molar-refractivity contribution in [3.63, 3.8) is 0 Å². The van der Waals surface area contributed by atoms with Gasteiger partial charge >= 0.3 is 0 Å². The Morgan fingerprint density at radius 3 is 3.00 bits per heavy atom. The third-order valence-electron chi connectivity index (χ3n) is 3.03. The summed E-state index contributed by atoms with van der Waals surface area (Å²) in [5.74, 6) is 0.359. The summed E-state index contributed by atoms with van der Waals surface area (Å²) >= 11 is 0. The van der Waals surface area contributed by atoms with Crippen molar-refractivity contribution in [1.29, 1.82) is 0 Å². The molecule has 1 aliphatic rings. The number of sulfonamides is 1. The van der Waals surface area contributed by atoms with Crippen LogP contribution in [0.5, 0.6) is 0 Å². The van der Waals surface area contributed by atoms with Crippen LogP contribution < -0.4 is 4.72 Å². The molecular weight excluding hydrogens is 296 g/mol. The van der Waals surface area contributed by atoms with Crippen LogP contribution in [-0.4, -0.2) is 61.7 Å². The molecule has 1 aliphatic heterocycles. The lowest BCUT2D eigenvalue weighted by Crippen LogP contribution is -2.46. The molecule has 0 bridgehead atoms. The molecule has 0 aliphatic carbocycles. The highest BCUT2D eigenvalue weighted by atomic mass is 32.2. The Hall–Kier alpha value is -1.58. The summed E-state index contributed by atoms with van der Waals surface area (Å²) < 4.78 is 29.9. The average molecular weight is 314 g/mol. The minimum absolute atomic E-state index is 0.242. The largest absolute Gasteiger partial charge is 0.368 e. The highest BCUT2D eigenvalue weighted by Gasteiger charge is 2.26. The summed E-state index contributed by atoms with van der Waals surface area (Å²) in [6, 6.07) is 1.75. The molecule has 0 aromatic carbocycles. The van der Waals surface area contributed by atoms with Gasteiger partial charge in [-0.25, -0.2) is 23.1 Å². The maximum Gasteiger partial charge on any atom is 0.237 e. The van der Waals surface area contributed by atoms with Crippen LogP contribution in [0.15, 0.2) is 12.3 Å². The zero-order valence-electron chi connectivity index (χ0n) is 11.9. The number of hydrogen-bond donors (Lipinski definition) is 1. The van der Waals surface area contributed by atoms with Crippen LogP contribution in [-0.2, 0) is 19.6 Å². The zero-order valence-corrected chi connectivity index (χ0v) is 12.8. The van der Waals surface area contributed by atoms with Gasteiger partial charge in [-0.2, -0.15) is 0 Å². The van der Waals surface area contributed by atoms with Crippen molar-refractivity contribution in [1.82, 2.24) is 19.6 Å². The van der Waals surface area contributed by atoms with Gasteiger partial charge in [0.15, 0.2) is 0 Å². The molecule has 1 fully saturated rings. The van der Waals surface area contributed by atoms with Crippen molar-refractivity contribution < 1.29 is 17.9 Å². The van der Waals surface area contributed by atoms with E-state index < -0.39 is 10.0 Å². The third kappa shape index (κ3) is 4.73. The van der Waals surface area contributed by atoms with Crippen LogP contribution in [0.3, 0.4) is 0 Å². The van der Waals surface area contributed by atoms with Crippen LogP contribution in [0.25, 0.3) is 0 Å². The number of amides is 1. The Morgan fingerprint density at radius 1 is 1.57 bits per heavy atom. The number of hydrogen-bond acceptors (Lipinski definition) is 6.